The van der Waals surface area contributed by atoms with Crippen molar-refractivity contribution in [2.45, 2.75) is 31.5 Å². The zero-order valence-electron chi connectivity index (χ0n) is 11.6. The molecule has 0 radical (unpaired) electrons. The molecule has 3 rings (SSSR count). The van der Waals surface area contributed by atoms with Gasteiger partial charge in [-0.3, -0.25) is 0 Å². The smallest absolute Gasteiger partial charge is 0.161 e. The molecule has 1 aromatic carbocycles. The molecule has 2 aromatic rings. The Hall–Kier alpha value is -1.75. The first kappa shape index (κ1) is 13.2. The summed E-state index contributed by atoms with van der Waals surface area (Å²) in [7, 11) is 0. The highest BCUT2D eigenvalue weighted by Gasteiger charge is 2.18. The number of aromatic nitrogens is 2. The predicted octanol–water partition coefficient (Wildman–Crippen LogP) is 3.26. The van der Waals surface area contributed by atoms with Crippen LogP contribution in [0.4, 0.5) is 5.82 Å². The molecule has 0 fully saturated rings. The summed E-state index contributed by atoms with van der Waals surface area (Å²) in [6.07, 6.45) is 0.171. The maximum atomic E-state index is 6.02. The van der Waals surface area contributed by atoms with Crippen LogP contribution in [0.25, 0.3) is 11.4 Å². The SMILES string of the molecule is CC(C)Oc1ccc(-c2nc(N)c3c(n2)CSC3)cc1. The fourth-order valence-corrected chi connectivity index (χ4v) is 3.21. The zero-order valence-corrected chi connectivity index (χ0v) is 12.4. The first-order chi connectivity index (χ1) is 9.63. The minimum Gasteiger partial charge on any atom is -0.491 e. The van der Waals surface area contributed by atoms with Crippen LogP contribution >= 0.6 is 11.8 Å². The van der Waals surface area contributed by atoms with Crippen molar-refractivity contribution in [2.24, 2.45) is 0 Å². The second kappa shape index (κ2) is 5.32. The second-order valence-electron chi connectivity index (χ2n) is 5.04. The minimum atomic E-state index is 0.171. The van der Waals surface area contributed by atoms with Crippen LogP contribution in [0, 0.1) is 0 Å². The van der Waals surface area contributed by atoms with Crippen molar-refractivity contribution in [3.8, 4) is 17.1 Å². The van der Waals surface area contributed by atoms with Gasteiger partial charge >= 0.3 is 0 Å². The molecule has 0 bridgehead atoms. The van der Waals surface area contributed by atoms with Crippen LogP contribution in [-0.2, 0) is 11.5 Å². The summed E-state index contributed by atoms with van der Waals surface area (Å²) in [5.74, 6) is 4.00. The number of nitrogen functional groups attached to an aromatic ring is 1. The van der Waals surface area contributed by atoms with E-state index >= 15 is 0 Å². The normalized spacial score (nSPS) is 13.6. The Morgan fingerprint density at radius 1 is 1.15 bits per heavy atom. The standard InChI is InChI=1S/C15H17N3OS/c1-9(2)19-11-5-3-10(4-6-11)15-17-13-8-20-7-12(13)14(16)18-15/h3-6,9H,7-8H2,1-2H3,(H2,16,17,18). The lowest BCUT2D eigenvalue weighted by atomic mass is 10.2. The van der Waals surface area contributed by atoms with Gasteiger partial charge < -0.3 is 10.5 Å². The second-order valence-corrected chi connectivity index (χ2v) is 6.03. The number of thioether (sulfide) groups is 1. The first-order valence-electron chi connectivity index (χ1n) is 6.63. The molecule has 1 aromatic heterocycles. The number of hydrogen-bond donors (Lipinski definition) is 1. The van der Waals surface area contributed by atoms with Gasteiger partial charge in [-0.05, 0) is 38.1 Å². The maximum absolute atomic E-state index is 6.02. The van der Waals surface area contributed by atoms with Gasteiger partial charge in [-0.2, -0.15) is 11.8 Å². The molecule has 2 N–H and O–H groups in total. The number of benzene rings is 1. The van der Waals surface area contributed by atoms with E-state index in [1.54, 1.807) is 0 Å². The number of fused-ring (bicyclic) bond motifs is 1. The molecule has 0 aliphatic carbocycles. The van der Waals surface area contributed by atoms with Crippen LogP contribution in [0.15, 0.2) is 24.3 Å². The molecular weight excluding hydrogens is 270 g/mol. The highest BCUT2D eigenvalue weighted by atomic mass is 32.2. The van der Waals surface area contributed by atoms with Crippen molar-refractivity contribution in [3.63, 3.8) is 0 Å². The van der Waals surface area contributed by atoms with Gasteiger partial charge in [0.1, 0.15) is 11.6 Å². The van der Waals surface area contributed by atoms with Gasteiger partial charge in [-0.15, -0.1) is 0 Å². The summed E-state index contributed by atoms with van der Waals surface area (Å²) >= 11 is 1.83. The van der Waals surface area contributed by atoms with E-state index in [1.807, 2.05) is 49.9 Å². The van der Waals surface area contributed by atoms with Crippen molar-refractivity contribution in [2.75, 3.05) is 5.73 Å². The number of nitrogens with two attached hydrogens (primary N) is 1. The average Bonchev–Trinajstić information content (AvgIpc) is 2.87. The lowest BCUT2D eigenvalue weighted by Gasteiger charge is -2.10. The van der Waals surface area contributed by atoms with Gasteiger partial charge in [0.15, 0.2) is 5.82 Å². The fraction of sp³-hybridized carbons (Fsp3) is 0.333. The topological polar surface area (TPSA) is 61.0 Å². The third-order valence-corrected chi connectivity index (χ3v) is 4.06. The predicted molar refractivity (Wildman–Crippen MR) is 82.6 cm³/mol. The zero-order chi connectivity index (χ0) is 14.1. The van der Waals surface area contributed by atoms with Gasteiger partial charge in [0.25, 0.3) is 0 Å². The number of nitrogens with zero attached hydrogens (tertiary/aromatic N) is 2. The third-order valence-electron chi connectivity index (χ3n) is 3.09. The first-order valence-corrected chi connectivity index (χ1v) is 7.79. The van der Waals surface area contributed by atoms with Gasteiger partial charge in [0.2, 0.25) is 0 Å². The lowest BCUT2D eigenvalue weighted by Crippen LogP contribution is -2.05. The molecule has 1 aliphatic heterocycles. The quantitative estimate of drug-likeness (QED) is 0.939. The molecule has 0 unspecified atom stereocenters. The molecule has 2 heterocycles. The molecule has 1 aliphatic rings. The Bertz CT molecular complexity index is 626. The number of hydrogen-bond acceptors (Lipinski definition) is 5. The third kappa shape index (κ3) is 2.58. The Labute approximate surface area is 122 Å². The summed E-state index contributed by atoms with van der Waals surface area (Å²) in [6.45, 7) is 4.02. The van der Waals surface area contributed by atoms with E-state index in [-0.39, 0.29) is 6.10 Å². The highest BCUT2D eigenvalue weighted by Crippen LogP contribution is 2.33. The van der Waals surface area contributed by atoms with Crippen molar-refractivity contribution in [1.82, 2.24) is 9.97 Å². The molecule has 0 saturated heterocycles. The monoisotopic (exact) mass is 287 g/mol. The van der Waals surface area contributed by atoms with Crippen molar-refractivity contribution in [1.29, 1.82) is 0 Å². The molecule has 104 valence electrons. The molecule has 0 atom stereocenters. The molecule has 0 saturated carbocycles. The van der Waals surface area contributed by atoms with E-state index < -0.39 is 0 Å². The van der Waals surface area contributed by atoms with Gasteiger partial charge in [0, 0.05) is 22.6 Å². The lowest BCUT2D eigenvalue weighted by molar-refractivity contribution is 0.242. The summed E-state index contributed by atoms with van der Waals surface area (Å²) in [5, 5.41) is 0. The summed E-state index contributed by atoms with van der Waals surface area (Å²) in [6, 6.07) is 7.83. The Morgan fingerprint density at radius 2 is 1.90 bits per heavy atom. The fourth-order valence-electron chi connectivity index (χ4n) is 2.16. The van der Waals surface area contributed by atoms with Gasteiger partial charge in [-0.1, -0.05) is 0 Å². The Balaban J connectivity index is 1.91. The Morgan fingerprint density at radius 3 is 2.60 bits per heavy atom. The molecular formula is C15H17N3OS. The van der Waals surface area contributed by atoms with Gasteiger partial charge in [-0.25, -0.2) is 9.97 Å². The molecule has 5 heteroatoms. The number of ether oxygens (including phenoxy) is 1. The number of anilines is 1. The van der Waals surface area contributed by atoms with Gasteiger partial charge in [0.05, 0.1) is 11.8 Å². The average molecular weight is 287 g/mol. The van der Waals surface area contributed by atoms with E-state index in [1.165, 1.54) is 0 Å². The van der Waals surface area contributed by atoms with E-state index in [0.717, 1.165) is 34.1 Å². The summed E-state index contributed by atoms with van der Waals surface area (Å²) in [5.41, 5.74) is 9.15. The van der Waals surface area contributed by atoms with Crippen LogP contribution in [0.2, 0.25) is 0 Å². The Kier molecular flexibility index (Phi) is 3.53. The van der Waals surface area contributed by atoms with E-state index in [4.69, 9.17) is 10.5 Å². The van der Waals surface area contributed by atoms with E-state index in [9.17, 15) is 0 Å². The number of rotatable bonds is 3. The summed E-state index contributed by atoms with van der Waals surface area (Å²) in [4.78, 5) is 9.04. The van der Waals surface area contributed by atoms with Crippen molar-refractivity contribution < 1.29 is 4.74 Å². The van der Waals surface area contributed by atoms with Crippen LogP contribution in [0.3, 0.4) is 0 Å². The maximum Gasteiger partial charge on any atom is 0.161 e. The van der Waals surface area contributed by atoms with Crippen LogP contribution in [0.1, 0.15) is 25.1 Å². The van der Waals surface area contributed by atoms with Crippen molar-refractivity contribution in [3.05, 3.63) is 35.5 Å². The minimum absolute atomic E-state index is 0.171. The van der Waals surface area contributed by atoms with E-state index in [0.29, 0.717) is 11.6 Å². The summed E-state index contributed by atoms with van der Waals surface area (Å²) < 4.78 is 5.63. The van der Waals surface area contributed by atoms with Crippen LogP contribution in [-0.4, -0.2) is 16.1 Å². The largest absolute Gasteiger partial charge is 0.491 e. The molecule has 4 nitrogen and oxygen atoms in total. The molecule has 0 spiro atoms. The molecule has 0 amide bonds. The van der Waals surface area contributed by atoms with Crippen LogP contribution in [0.5, 0.6) is 5.75 Å². The van der Waals surface area contributed by atoms with E-state index in [2.05, 4.69) is 9.97 Å². The molecule has 20 heavy (non-hydrogen) atoms. The highest BCUT2D eigenvalue weighted by molar-refractivity contribution is 7.98. The van der Waals surface area contributed by atoms with Crippen LogP contribution < -0.4 is 10.5 Å². The van der Waals surface area contributed by atoms with Crippen molar-refractivity contribution >= 4 is 17.6 Å².